The molecule has 2 N–H and O–H groups in total. The van der Waals surface area contributed by atoms with Gasteiger partial charge in [-0.1, -0.05) is 49.7 Å². The highest BCUT2D eigenvalue weighted by molar-refractivity contribution is 7.16. The normalized spacial score (nSPS) is 11.0. The SMILES string of the molecule is Cc1ccc(-c2nc(N(CCC(C)C)Cc3ccc(C(=O)NCCC(=O)O)cc3)sc2C)cc1Cl. The third-order valence-electron chi connectivity index (χ3n) is 5.69. The van der Waals surface area contributed by atoms with Crippen molar-refractivity contribution in [2.45, 2.75) is 47.1 Å². The van der Waals surface area contributed by atoms with Gasteiger partial charge < -0.3 is 15.3 Å². The van der Waals surface area contributed by atoms with E-state index in [2.05, 4.69) is 37.1 Å². The molecule has 0 radical (unpaired) electrons. The Labute approximate surface area is 216 Å². The van der Waals surface area contributed by atoms with E-state index in [0.717, 1.165) is 50.4 Å². The fraction of sp³-hybridized carbons (Fsp3) is 0.370. The molecule has 1 heterocycles. The molecule has 0 aliphatic heterocycles. The van der Waals surface area contributed by atoms with Crippen molar-refractivity contribution >= 4 is 39.9 Å². The van der Waals surface area contributed by atoms with Crippen LogP contribution in [0.2, 0.25) is 5.02 Å². The molecule has 1 aromatic heterocycles. The van der Waals surface area contributed by atoms with Gasteiger partial charge in [-0.2, -0.15) is 0 Å². The topological polar surface area (TPSA) is 82.5 Å². The Balaban J connectivity index is 1.78. The summed E-state index contributed by atoms with van der Waals surface area (Å²) in [6.07, 6.45) is 0.938. The van der Waals surface area contributed by atoms with E-state index in [9.17, 15) is 9.59 Å². The highest BCUT2D eigenvalue weighted by atomic mass is 35.5. The van der Waals surface area contributed by atoms with Gasteiger partial charge in [-0.3, -0.25) is 9.59 Å². The number of aryl methyl sites for hydroxylation is 2. The molecule has 0 fully saturated rings. The molecule has 6 nitrogen and oxygen atoms in total. The molecule has 0 saturated heterocycles. The molecule has 1 amide bonds. The van der Waals surface area contributed by atoms with E-state index in [-0.39, 0.29) is 18.9 Å². The zero-order valence-electron chi connectivity index (χ0n) is 20.6. The molecule has 0 aliphatic rings. The number of nitrogens with one attached hydrogen (secondary N) is 1. The molecular weight excluding hydrogens is 482 g/mol. The van der Waals surface area contributed by atoms with Gasteiger partial charge in [0, 0.05) is 40.7 Å². The number of nitrogens with zero attached hydrogens (tertiary/aromatic N) is 2. The molecule has 8 heteroatoms. The molecule has 0 spiro atoms. The van der Waals surface area contributed by atoms with Crippen molar-refractivity contribution in [3.8, 4) is 11.3 Å². The number of hydrogen-bond donors (Lipinski definition) is 2. The number of carboxylic acids is 1. The zero-order chi connectivity index (χ0) is 25.5. The van der Waals surface area contributed by atoms with Gasteiger partial charge in [0.2, 0.25) is 0 Å². The van der Waals surface area contributed by atoms with E-state index in [1.807, 2.05) is 31.2 Å². The van der Waals surface area contributed by atoms with Crippen LogP contribution < -0.4 is 10.2 Å². The minimum Gasteiger partial charge on any atom is -0.481 e. The number of aromatic nitrogens is 1. The number of hydrogen-bond acceptors (Lipinski definition) is 5. The van der Waals surface area contributed by atoms with Crippen LogP contribution in [0.25, 0.3) is 11.3 Å². The maximum atomic E-state index is 12.2. The van der Waals surface area contributed by atoms with Gasteiger partial charge in [0.15, 0.2) is 5.13 Å². The number of carbonyl (C=O) groups excluding carboxylic acids is 1. The van der Waals surface area contributed by atoms with Crippen LogP contribution >= 0.6 is 22.9 Å². The molecular formula is C27H32ClN3O3S. The van der Waals surface area contributed by atoms with Gasteiger partial charge in [-0.05, 0) is 55.5 Å². The summed E-state index contributed by atoms with van der Waals surface area (Å²) in [5.74, 6) is -0.648. The molecule has 0 unspecified atom stereocenters. The summed E-state index contributed by atoms with van der Waals surface area (Å²) in [5, 5.41) is 13.1. The third-order valence-corrected chi connectivity index (χ3v) is 7.13. The first-order valence-electron chi connectivity index (χ1n) is 11.7. The first-order chi connectivity index (χ1) is 16.6. The molecule has 0 saturated carbocycles. The molecule has 0 bridgehead atoms. The summed E-state index contributed by atoms with van der Waals surface area (Å²) >= 11 is 8.04. The van der Waals surface area contributed by atoms with Crippen molar-refractivity contribution in [1.82, 2.24) is 10.3 Å². The number of amides is 1. The lowest BCUT2D eigenvalue weighted by Gasteiger charge is -2.23. The van der Waals surface area contributed by atoms with Gasteiger partial charge in [0.05, 0.1) is 12.1 Å². The summed E-state index contributed by atoms with van der Waals surface area (Å²) in [7, 11) is 0. The van der Waals surface area contributed by atoms with Crippen LogP contribution in [0.15, 0.2) is 42.5 Å². The molecule has 2 aromatic carbocycles. The lowest BCUT2D eigenvalue weighted by atomic mass is 10.1. The Bertz CT molecular complexity index is 1170. The van der Waals surface area contributed by atoms with Crippen LogP contribution in [-0.4, -0.2) is 35.1 Å². The molecule has 3 aromatic rings. The van der Waals surface area contributed by atoms with Crippen LogP contribution in [0.3, 0.4) is 0 Å². The monoisotopic (exact) mass is 513 g/mol. The smallest absolute Gasteiger partial charge is 0.305 e. The number of anilines is 1. The molecule has 35 heavy (non-hydrogen) atoms. The van der Waals surface area contributed by atoms with Gasteiger partial charge >= 0.3 is 5.97 Å². The summed E-state index contributed by atoms with van der Waals surface area (Å²) in [5.41, 5.74) is 4.60. The van der Waals surface area contributed by atoms with E-state index in [1.54, 1.807) is 23.5 Å². The maximum absolute atomic E-state index is 12.2. The standard InChI is InChI=1S/C27H32ClN3O3S/c1-17(2)12-14-31(16-20-6-9-21(10-7-20)26(34)29-13-11-24(32)33)27-30-25(19(4)35-27)22-8-5-18(3)23(28)15-22/h5-10,15,17H,11-14,16H2,1-4H3,(H,29,34)(H,32,33). The number of rotatable bonds is 11. The zero-order valence-corrected chi connectivity index (χ0v) is 22.2. The Morgan fingerprint density at radius 1 is 1.14 bits per heavy atom. The summed E-state index contributed by atoms with van der Waals surface area (Å²) in [4.78, 5) is 31.3. The quantitative estimate of drug-likeness (QED) is 0.312. The number of thiazole rings is 1. The molecule has 0 atom stereocenters. The maximum Gasteiger partial charge on any atom is 0.305 e. The van der Waals surface area contributed by atoms with Crippen LogP contribution in [0, 0.1) is 19.8 Å². The van der Waals surface area contributed by atoms with E-state index < -0.39 is 5.97 Å². The lowest BCUT2D eigenvalue weighted by Crippen LogP contribution is -2.26. The van der Waals surface area contributed by atoms with Crippen molar-refractivity contribution in [1.29, 1.82) is 0 Å². The highest BCUT2D eigenvalue weighted by Gasteiger charge is 2.17. The second-order valence-electron chi connectivity index (χ2n) is 9.07. The highest BCUT2D eigenvalue weighted by Crippen LogP contribution is 2.35. The van der Waals surface area contributed by atoms with Crippen LogP contribution in [-0.2, 0) is 11.3 Å². The fourth-order valence-electron chi connectivity index (χ4n) is 3.55. The van der Waals surface area contributed by atoms with E-state index in [0.29, 0.717) is 18.0 Å². The van der Waals surface area contributed by atoms with Gasteiger partial charge in [-0.15, -0.1) is 11.3 Å². The number of carbonyl (C=O) groups is 2. The molecule has 3 rings (SSSR count). The minimum absolute atomic E-state index is 0.0986. The van der Waals surface area contributed by atoms with Gasteiger partial charge in [-0.25, -0.2) is 4.98 Å². The molecule has 0 aliphatic carbocycles. The van der Waals surface area contributed by atoms with E-state index in [1.165, 1.54) is 0 Å². The van der Waals surface area contributed by atoms with Gasteiger partial charge in [0.1, 0.15) is 0 Å². The second-order valence-corrected chi connectivity index (χ2v) is 10.7. The van der Waals surface area contributed by atoms with Gasteiger partial charge in [0.25, 0.3) is 5.91 Å². The third kappa shape index (κ3) is 7.54. The molecule has 186 valence electrons. The number of benzene rings is 2. The average molecular weight is 514 g/mol. The Morgan fingerprint density at radius 2 is 1.86 bits per heavy atom. The summed E-state index contributed by atoms with van der Waals surface area (Å²) < 4.78 is 0. The lowest BCUT2D eigenvalue weighted by molar-refractivity contribution is -0.136. The van der Waals surface area contributed by atoms with Crippen molar-refractivity contribution in [3.63, 3.8) is 0 Å². The number of halogens is 1. The Kier molecular flexibility index (Phi) is 9.29. The van der Waals surface area contributed by atoms with Crippen LogP contribution in [0.4, 0.5) is 5.13 Å². The van der Waals surface area contributed by atoms with E-state index in [4.69, 9.17) is 21.7 Å². The first-order valence-corrected chi connectivity index (χ1v) is 12.9. The predicted octanol–water partition coefficient (Wildman–Crippen LogP) is 6.34. The predicted molar refractivity (Wildman–Crippen MR) is 144 cm³/mol. The summed E-state index contributed by atoms with van der Waals surface area (Å²) in [6, 6.07) is 13.5. The van der Waals surface area contributed by atoms with Crippen molar-refractivity contribution in [2.24, 2.45) is 5.92 Å². The average Bonchev–Trinajstić information content (AvgIpc) is 3.19. The Morgan fingerprint density at radius 3 is 2.49 bits per heavy atom. The van der Waals surface area contributed by atoms with Crippen molar-refractivity contribution in [2.75, 3.05) is 18.0 Å². The summed E-state index contributed by atoms with van der Waals surface area (Å²) in [6.45, 7) is 10.2. The largest absolute Gasteiger partial charge is 0.481 e. The number of aliphatic carboxylic acids is 1. The van der Waals surface area contributed by atoms with E-state index >= 15 is 0 Å². The minimum atomic E-state index is -0.937. The first kappa shape index (κ1) is 26.7. The number of carboxylic acid groups (broad SMARTS) is 1. The van der Waals surface area contributed by atoms with Crippen LogP contribution in [0.5, 0.6) is 0 Å². The Hall–Kier alpha value is -2.90. The second kappa shape index (κ2) is 12.2. The van der Waals surface area contributed by atoms with Crippen LogP contribution in [0.1, 0.15) is 53.1 Å². The fourth-order valence-corrected chi connectivity index (χ4v) is 4.69. The van der Waals surface area contributed by atoms with Crippen molar-refractivity contribution < 1.29 is 14.7 Å². The van der Waals surface area contributed by atoms with Crippen molar-refractivity contribution in [3.05, 3.63) is 69.1 Å².